The highest BCUT2D eigenvalue weighted by Crippen LogP contribution is 2.38. The summed E-state index contributed by atoms with van der Waals surface area (Å²) in [5.41, 5.74) is 5.04. The van der Waals surface area contributed by atoms with Crippen LogP contribution < -0.4 is 10.1 Å². The van der Waals surface area contributed by atoms with E-state index in [2.05, 4.69) is 16.4 Å². The Morgan fingerprint density at radius 2 is 1.72 bits per heavy atom. The highest BCUT2D eigenvalue weighted by atomic mass is 16.5. The second-order valence-electron chi connectivity index (χ2n) is 7.32. The van der Waals surface area contributed by atoms with Crippen molar-refractivity contribution in [3.05, 3.63) is 65.5 Å². The minimum atomic E-state index is -0.384. The van der Waals surface area contributed by atoms with E-state index in [1.165, 1.54) is 0 Å². The first-order valence-electron chi connectivity index (χ1n) is 9.29. The molecule has 1 aliphatic heterocycles. The maximum absolute atomic E-state index is 12.9. The van der Waals surface area contributed by atoms with Crippen molar-refractivity contribution in [2.24, 2.45) is 7.05 Å². The highest BCUT2D eigenvalue weighted by molar-refractivity contribution is 6.50. The van der Waals surface area contributed by atoms with Gasteiger partial charge in [0.05, 0.1) is 23.8 Å². The largest absolute Gasteiger partial charge is 0.497 e. The Kier molecular flexibility index (Phi) is 3.64. The van der Waals surface area contributed by atoms with Gasteiger partial charge in [-0.3, -0.25) is 14.9 Å². The van der Waals surface area contributed by atoms with E-state index in [-0.39, 0.29) is 11.8 Å². The summed E-state index contributed by atoms with van der Waals surface area (Å²) in [4.78, 5) is 28.9. The van der Waals surface area contributed by atoms with E-state index in [0.29, 0.717) is 16.7 Å². The van der Waals surface area contributed by atoms with Gasteiger partial charge in [0.15, 0.2) is 0 Å². The molecule has 0 spiro atoms. The van der Waals surface area contributed by atoms with Crippen molar-refractivity contribution in [1.29, 1.82) is 0 Å². The Labute approximate surface area is 166 Å². The highest BCUT2D eigenvalue weighted by Gasteiger charge is 2.34. The van der Waals surface area contributed by atoms with Crippen molar-refractivity contribution in [3.63, 3.8) is 0 Å². The Balaban J connectivity index is 1.85. The van der Waals surface area contributed by atoms with Crippen LogP contribution in [0.4, 0.5) is 0 Å². The van der Waals surface area contributed by atoms with E-state index >= 15 is 0 Å². The number of nitrogens with zero attached hydrogens (tertiary/aromatic N) is 1. The summed E-state index contributed by atoms with van der Waals surface area (Å²) in [6.45, 7) is 1.99. The fraction of sp³-hybridized carbons (Fsp3) is 0.130. The number of aryl methyl sites for hydroxylation is 2. The number of nitrogens with one attached hydrogen (secondary N) is 2. The molecule has 0 radical (unpaired) electrons. The number of H-pyrrole nitrogens is 1. The fourth-order valence-electron chi connectivity index (χ4n) is 4.19. The summed E-state index contributed by atoms with van der Waals surface area (Å²) in [6.07, 6.45) is 3.73. The SMILES string of the molecule is COc1ccc2c(C3=C(c4cc(C)cc5ccn(C)c45)C(=O)NC3=O)c[nH]c2c1. The number of aromatic amines is 1. The van der Waals surface area contributed by atoms with Gasteiger partial charge >= 0.3 is 0 Å². The summed E-state index contributed by atoms with van der Waals surface area (Å²) < 4.78 is 7.26. The van der Waals surface area contributed by atoms with Crippen LogP contribution in [0.5, 0.6) is 5.75 Å². The van der Waals surface area contributed by atoms with Crippen LogP contribution in [-0.2, 0) is 16.6 Å². The van der Waals surface area contributed by atoms with Crippen LogP contribution in [0.1, 0.15) is 16.7 Å². The van der Waals surface area contributed by atoms with Crippen LogP contribution in [-0.4, -0.2) is 28.5 Å². The molecule has 6 nitrogen and oxygen atoms in total. The summed E-state index contributed by atoms with van der Waals surface area (Å²) in [5, 5.41) is 4.38. The normalized spacial score (nSPS) is 14.3. The van der Waals surface area contributed by atoms with Gasteiger partial charge in [-0.2, -0.15) is 0 Å². The van der Waals surface area contributed by atoms with Gasteiger partial charge in [-0.05, 0) is 42.8 Å². The van der Waals surface area contributed by atoms with E-state index in [4.69, 9.17) is 4.74 Å². The lowest BCUT2D eigenvalue weighted by Crippen LogP contribution is -2.22. The molecule has 2 aromatic carbocycles. The third-order valence-corrected chi connectivity index (χ3v) is 5.47. The summed E-state index contributed by atoms with van der Waals surface area (Å²) in [6, 6.07) is 11.7. The molecule has 0 saturated heterocycles. The molecule has 0 bridgehead atoms. The summed E-state index contributed by atoms with van der Waals surface area (Å²) >= 11 is 0. The number of imide groups is 1. The van der Waals surface area contributed by atoms with E-state index in [1.54, 1.807) is 13.3 Å². The van der Waals surface area contributed by atoms with Gasteiger partial charge in [-0.25, -0.2) is 0 Å². The third-order valence-electron chi connectivity index (χ3n) is 5.47. The van der Waals surface area contributed by atoms with Gasteiger partial charge in [-0.1, -0.05) is 0 Å². The zero-order valence-corrected chi connectivity index (χ0v) is 16.3. The van der Waals surface area contributed by atoms with Crippen molar-refractivity contribution >= 4 is 44.8 Å². The van der Waals surface area contributed by atoms with Crippen molar-refractivity contribution in [3.8, 4) is 5.75 Å². The molecule has 0 saturated carbocycles. The Hall–Kier alpha value is -3.80. The molecule has 6 heteroatoms. The average molecular weight is 385 g/mol. The predicted octanol–water partition coefficient (Wildman–Crippen LogP) is 3.54. The second-order valence-corrected chi connectivity index (χ2v) is 7.32. The zero-order valence-electron chi connectivity index (χ0n) is 16.3. The molecule has 1 aliphatic rings. The van der Waals surface area contributed by atoms with Crippen LogP contribution in [0.15, 0.2) is 48.8 Å². The van der Waals surface area contributed by atoms with Gasteiger partial charge in [0.25, 0.3) is 11.8 Å². The lowest BCUT2D eigenvalue weighted by atomic mass is 9.93. The van der Waals surface area contributed by atoms with Crippen molar-refractivity contribution in [2.45, 2.75) is 6.92 Å². The number of carbonyl (C=O) groups excluding carboxylic acids is 2. The minimum Gasteiger partial charge on any atom is -0.497 e. The van der Waals surface area contributed by atoms with Crippen LogP contribution >= 0.6 is 0 Å². The first-order chi connectivity index (χ1) is 14.0. The number of ether oxygens (including phenoxy) is 1. The molecule has 5 rings (SSSR count). The molecular weight excluding hydrogens is 366 g/mol. The molecule has 0 atom stereocenters. The van der Waals surface area contributed by atoms with Gasteiger partial charge < -0.3 is 14.3 Å². The smallest absolute Gasteiger partial charge is 0.259 e. The molecule has 0 unspecified atom stereocenters. The first-order valence-corrected chi connectivity index (χ1v) is 9.29. The molecule has 29 heavy (non-hydrogen) atoms. The van der Waals surface area contributed by atoms with Crippen LogP contribution in [0.25, 0.3) is 33.0 Å². The van der Waals surface area contributed by atoms with Crippen molar-refractivity contribution in [1.82, 2.24) is 14.9 Å². The maximum atomic E-state index is 12.9. The third kappa shape index (κ3) is 2.49. The van der Waals surface area contributed by atoms with E-state index in [0.717, 1.165) is 38.7 Å². The summed E-state index contributed by atoms with van der Waals surface area (Å²) in [5.74, 6) is -0.0391. The van der Waals surface area contributed by atoms with Crippen molar-refractivity contribution in [2.75, 3.05) is 7.11 Å². The topological polar surface area (TPSA) is 76.1 Å². The van der Waals surface area contributed by atoms with E-state index in [1.807, 2.05) is 55.1 Å². The number of amides is 2. The number of benzene rings is 2. The number of hydrogen-bond donors (Lipinski definition) is 2. The number of rotatable bonds is 3. The summed E-state index contributed by atoms with van der Waals surface area (Å²) in [7, 11) is 3.55. The predicted molar refractivity (Wildman–Crippen MR) is 112 cm³/mol. The van der Waals surface area contributed by atoms with Gasteiger partial charge in [-0.15, -0.1) is 0 Å². The lowest BCUT2D eigenvalue weighted by Gasteiger charge is -2.10. The Morgan fingerprint density at radius 3 is 2.48 bits per heavy atom. The van der Waals surface area contributed by atoms with Crippen LogP contribution in [0.2, 0.25) is 0 Å². The zero-order chi connectivity index (χ0) is 20.3. The molecule has 2 aromatic heterocycles. The van der Waals surface area contributed by atoms with Crippen LogP contribution in [0.3, 0.4) is 0 Å². The molecule has 3 heterocycles. The van der Waals surface area contributed by atoms with E-state index in [9.17, 15) is 9.59 Å². The molecule has 2 N–H and O–H groups in total. The monoisotopic (exact) mass is 385 g/mol. The molecule has 144 valence electrons. The molecule has 0 fully saturated rings. The number of aromatic nitrogens is 2. The quantitative estimate of drug-likeness (QED) is 0.530. The lowest BCUT2D eigenvalue weighted by molar-refractivity contribution is -0.122. The fourth-order valence-corrected chi connectivity index (χ4v) is 4.19. The molecule has 4 aromatic rings. The Morgan fingerprint density at radius 1 is 0.966 bits per heavy atom. The van der Waals surface area contributed by atoms with E-state index < -0.39 is 0 Å². The number of hydrogen-bond acceptors (Lipinski definition) is 3. The maximum Gasteiger partial charge on any atom is 0.259 e. The second kappa shape index (κ2) is 6.10. The minimum absolute atomic E-state index is 0.374. The molecule has 0 aliphatic carbocycles. The molecular formula is C23H19N3O3. The van der Waals surface area contributed by atoms with Crippen LogP contribution in [0, 0.1) is 6.92 Å². The van der Waals surface area contributed by atoms with Gasteiger partial charge in [0, 0.05) is 52.9 Å². The van der Waals surface area contributed by atoms with Gasteiger partial charge in [0.2, 0.25) is 0 Å². The van der Waals surface area contributed by atoms with Crippen molar-refractivity contribution < 1.29 is 14.3 Å². The molecule has 2 amide bonds. The standard InChI is InChI=1S/C23H19N3O3/c1-12-8-13-6-7-26(2)21(13)16(9-12)19-20(23(28)25-22(19)27)17-11-24-18-10-14(29-3)4-5-15(17)18/h4-11,24H,1-3H3,(H,25,27,28). The Bertz CT molecular complexity index is 1370. The first kappa shape index (κ1) is 17.3. The number of methoxy groups -OCH3 is 1. The van der Waals surface area contributed by atoms with Gasteiger partial charge in [0.1, 0.15) is 5.75 Å². The number of fused-ring (bicyclic) bond motifs is 2. The number of carbonyl (C=O) groups is 2. The average Bonchev–Trinajstić information content (AvgIpc) is 3.35.